The van der Waals surface area contributed by atoms with Crippen LogP contribution in [0.25, 0.3) is 0 Å². The van der Waals surface area contributed by atoms with E-state index in [1.54, 1.807) is 0 Å². The van der Waals surface area contributed by atoms with E-state index in [2.05, 4.69) is 20.7 Å². The summed E-state index contributed by atoms with van der Waals surface area (Å²) in [6, 6.07) is 7.93. The molecule has 0 saturated heterocycles. The molecule has 0 bridgehead atoms. The van der Waals surface area contributed by atoms with Crippen LogP contribution in [0.3, 0.4) is 0 Å². The summed E-state index contributed by atoms with van der Waals surface area (Å²) in [6.07, 6.45) is 0.770. The standard InChI is InChI=1S/C9H9BrO2/c10-9-3-1-8(2-4-9)5-6-12-7-11/h1-4,7H,5-6H2. The molecule has 0 saturated carbocycles. The third-order valence-electron chi connectivity index (χ3n) is 1.49. The second-order valence-corrected chi connectivity index (χ2v) is 3.26. The molecule has 0 atom stereocenters. The molecule has 0 aliphatic heterocycles. The summed E-state index contributed by atoms with van der Waals surface area (Å²) in [5.74, 6) is 0. The number of hydrogen-bond donors (Lipinski definition) is 0. The monoisotopic (exact) mass is 228 g/mol. The number of benzene rings is 1. The van der Waals surface area contributed by atoms with Crippen molar-refractivity contribution < 1.29 is 9.53 Å². The van der Waals surface area contributed by atoms with Gasteiger partial charge in [0.25, 0.3) is 6.47 Å². The highest BCUT2D eigenvalue weighted by molar-refractivity contribution is 9.10. The molecule has 0 aromatic heterocycles. The van der Waals surface area contributed by atoms with Crippen molar-refractivity contribution in [3.05, 3.63) is 34.3 Å². The van der Waals surface area contributed by atoms with Crippen molar-refractivity contribution in [3.8, 4) is 0 Å². The van der Waals surface area contributed by atoms with Gasteiger partial charge in [-0.05, 0) is 17.7 Å². The predicted molar refractivity (Wildman–Crippen MR) is 49.9 cm³/mol. The highest BCUT2D eigenvalue weighted by Crippen LogP contribution is 2.10. The van der Waals surface area contributed by atoms with E-state index in [0.717, 1.165) is 10.9 Å². The molecule has 0 spiro atoms. The Morgan fingerprint density at radius 1 is 1.33 bits per heavy atom. The van der Waals surface area contributed by atoms with Crippen molar-refractivity contribution in [2.75, 3.05) is 6.61 Å². The van der Waals surface area contributed by atoms with Gasteiger partial charge in [0, 0.05) is 10.9 Å². The van der Waals surface area contributed by atoms with E-state index in [0.29, 0.717) is 13.1 Å². The van der Waals surface area contributed by atoms with Gasteiger partial charge in [-0.1, -0.05) is 28.1 Å². The van der Waals surface area contributed by atoms with Gasteiger partial charge in [0.1, 0.15) is 0 Å². The average Bonchev–Trinajstić information content (AvgIpc) is 2.09. The molecule has 2 nitrogen and oxygen atoms in total. The maximum atomic E-state index is 9.82. The molecule has 0 aliphatic carbocycles. The van der Waals surface area contributed by atoms with Gasteiger partial charge in [-0.25, -0.2) is 0 Å². The molecule has 64 valence electrons. The normalized spacial score (nSPS) is 9.42. The average molecular weight is 229 g/mol. The fraction of sp³-hybridized carbons (Fsp3) is 0.222. The fourth-order valence-corrected chi connectivity index (χ4v) is 1.14. The van der Waals surface area contributed by atoms with Crippen LogP contribution in [0, 0.1) is 0 Å². The molecule has 0 heterocycles. The summed E-state index contributed by atoms with van der Waals surface area (Å²) in [7, 11) is 0. The van der Waals surface area contributed by atoms with E-state index in [1.807, 2.05) is 24.3 Å². The Bertz CT molecular complexity index is 243. The fourth-order valence-electron chi connectivity index (χ4n) is 0.876. The minimum Gasteiger partial charge on any atom is -0.468 e. The van der Waals surface area contributed by atoms with Gasteiger partial charge in [-0.2, -0.15) is 0 Å². The van der Waals surface area contributed by atoms with Crippen molar-refractivity contribution in [2.45, 2.75) is 6.42 Å². The lowest BCUT2D eigenvalue weighted by atomic mass is 10.2. The summed E-state index contributed by atoms with van der Waals surface area (Å²) >= 11 is 3.34. The lowest BCUT2D eigenvalue weighted by molar-refractivity contribution is -0.128. The van der Waals surface area contributed by atoms with Crippen molar-refractivity contribution >= 4 is 22.4 Å². The van der Waals surface area contributed by atoms with Gasteiger partial charge in [-0.3, -0.25) is 4.79 Å². The first-order valence-corrected chi connectivity index (χ1v) is 4.42. The zero-order valence-corrected chi connectivity index (χ0v) is 8.08. The van der Waals surface area contributed by atoms with Crippen LogP contribution in [-0.2, 0) is 16.0 Å². The summed E-state index contributed by atoms with van der Waals surface area (Å²) in [5, 5.41) is 0. The molecule has 1 aromatic carbocycles. The summed E-state index contributed by atoms with van der Waals surface area (Å²) < 4.78 is 5.63. The third-order valence-corrected chi connectivity index (χ3v) is 2.02. The van der Waals surface area contributed by atoms with Crippen LogP contribution in [0.1, 0.15) is 5.56 Å². The van der Waals surface area contributed by atoms with Crippen molar-refractivity contribution in [2.24, 2.45) is 0 Å². The van der Waals surface area contributed by atoms with Gasteiger partial charge in [0.15, 0.2) is 0 Å². The third kappa shape index (κ3) is 3.05. The second-order valence-electron chi connectivity index (χ2n) is 2.34. The van der Waals surface area contributed by atoms with Crippen LogP contribution < -0.4 is 0 Å². The van der Waals surface area contributed by atoms with E-state index in [9.17, 15) is 4.79 Å². The molecule has 0 aliphatic rings. The van der Waals surface area contributed by atoms with Gasteiger partial charge in [0.2, 0.25) is 0 Å². The molecule has 0 radical (unpaired) electrons. The van der Waals surface area contributed by atoms with E-state index >= 15 is 0 Å². The zero-order chi connectivity index (χ0) is 8.81. The Kier molecular flexibility index (Phi) is 3.80. The molecule has 0 unspecified atom stereocenters. The number of rotatable bonds is 4. The Morgan fingerprint density at radius 2 is 2.00 bits per heavy atom. The molecule has 0 fully saturated rings. The maximum Gasteiger partial charge on any atom is 0.293 e. The maximum absolute atomic E-state index is 9.82. The van der Waals surface area contributed by atoms with Crippen molar-refractivity contribution in [1.82, 2.24) is 0 Å². The Labute approximate surface area is 79.7 Å². The Morgan fingerprint density at radius 3 is 2.58 bits per heavy atom. The second kappa shape index (κ2) is 4.93. The van der Waals surface area contributed by atoms with Gasteiger partial charge in [0.05, 0.1) is 6.61 Å². The highest BCUT2D eigenvalue weighted by atomic mass is 79.9. The first-order chi connectivity index (χ1) is 5.83. The summed E-state index contributed by atoms with van der Waals surface area (Å²) in [6.45, 7) is 0.921. The number of carbonyl (C=O) groups is 1. The number of halogens is 1. The predicted octanol–water partition coefficient (Wildman–Crippen LogP) is 2.16. The lowest BCUT2D eigenvalue weighted by Gasteiger charge is -1.99. The largest absolute Gasteiger partial charge is 0.468 e. The van der Waals surface area contributed by atoms with Crippen molar-refractivity contribution in [1.29, 1.82) is 0 Å². The van der Waals surface area contributed by atoms with Crippen LogP contribution in [-0.4, -0.2) is 13.1 Å². The van der Waals surface area contributed by atoms with Gasteiger partial charge in [-0.15, -0.1) is 0 Å². The zero-order valence-electron chi connectivity index (χ0n) is 6.50. The Hall–Kier alpha value is -0.830. The molecular formula is C9H9BrO2. The first kappa shape index (κ1) is 9.26. The number of hydrogen-bond acceptors (Lipinski definition) is 2. The number of ether oxygens (including phenoxy) is 1. The van der Waals surface area contributed by atoms with Crippen LogP contribution in [0.5, 0.6) is 0 Å². The van der Waals surface area contributed by atoms with Crippen molar-refractivity contribution in [3.63, 3.8) is 0 Å². The van der Waals surface area contributed by atoms with Gasteiger partial charge < -0.3 is 4.74 Å². The molecule has 12 heavy (non-hydrogen) atoms. The minimum absolute atomic E-state index is 0.450. The topological polar surface area (TPSA) is 26.3 Å². The summed E-state index contributed by atoms with van der Waals surface area (Å²) in [4.78, 5) is 9.82. The lowest BCUT2D eigenvalue weighted by Crippen LogP contribution is -1.95. The molecule has 1 aromatic rings. The number of carbonyl (C=O) groups excluding carboxylic acids is 1. The SMILES string of the molecule is O=COCCc1ccc(Br)cc1. The van der Waals surface area contributed by atoms with E-state index in [1.165, 1.54) is 5.56 Å². The van der Waals surface area contributed by atoms with Crippen LogP contribution in [0.2, 0.25) is 0 Å². The summed E-state index contributed by atoms with van der Waals surface area (Å²) in [5.41, 5.74) is 1.17. The molecular weight excluding hydrogens is 220 g/mol. The minimum atomic E-state index is 0.450. The molecule has 1 rings (SSSR count). The Balaban J connectivity index is 2.42. The first-order valence-electron chi connectivity index (χ1n) is 3.62. The molecule has 0 N–H and O–H groups in total. The van der Waals surface area contributed by atoms with Crippen LogP contribution in [0.15, 0.2) is 28.7 Å². The van der Waals surface area contributed by atoms with Crippen LogP contribution >= 0.6 is 15.9 Å². The molecule has 3 heteroatoms. The highest BCUT2D eigenvalue weighted by Gasteiger charge is 1.92. The quantitative estimate of drug-likeness (QED) is 0.584. The van der Waals surface area contributed by atoms with E-state index in [-0.39, 0.29) is 0 Å². The molecule has 0 amide bonds. The van der Waals surface area contributed by atoms with Gasteiger partial charge >= 0.3 is 0 Å². The van der Waals surface area contributed by atoms with E-state index < -0.39 is 0 Å². The smallest absolute Gasteiger partial charge is 0.293 e. The van der Waals surface area contributed by atoms with E-state index in [4.69, 9.17) is 0 Å². The van der Waals surface area contributed by atoms with Crippen LogP contribution in [0.4, 0.5) is 0 Å².